The van der Waals surface area contributed by atoms with Crippen molar-refractivity contribution in [3.63, 3.8) is 0 Å². The molecule has 0 amide bonds. The van der Waals surface area contributed by atoms with Gasteiger partial charge in [-0.1, -0.05) is 121 Å². The minimum absolute atomic E-state index is 0.0315. The van der Waals surface area contributed by atoms with Crippen molar-refractivity contribution in [1.29, 1.82) is 5.26 Å². The highest BCUT2D eigenvalue weighted by Crippen LogP contribution is 2.63. The van der Waals surface area contributed by atoms with Crippen LogP contribution in [-0.4, -0.2) is 24.0 Å². The summed E-state index contributed by atoms with van der Waals surface area (Å²) in [6.45, 7) is 0. The quantitative estimate of drug-likeness (QED) is 0.250. The van der Waals surface area contributed by atoms with Crippen LogP contribution >= 0.6 is 0 Å². The van der Waals surface area contributed by atoms with E-state index >= 15 is 0 Å². The molecule has 194 valence electrons. The number of esters is 1. The lowest BCUT2D eigenvalue weighted by Crippen LogP contribution is -2.58. The molecule has 5 atom stereocenters. The van der Waals surface area contributed by atoms with E-state index in [2.05, 4.69) is 6.07 Å². The normalized spacial score (nSPS) is 26.2. The molecule has 4 aromatic rings. The lowest BCUT2D eigenvalue weighted by Gasteiger charge is -2.54. The molecule has 0 bridgehead atoms. The Morgan fingerprint density at radius 2 is 1.28 bits per heavy atom. The van der Waals surface area contributed by atoms with Gasteiger partial charge in [-0.25, -0.2) is 0 Å². The van der Waals surface area contributed by atoms with Crippen molar-refractivity contribution >= 4 is 11.8 Å². The topological polar surface area (TPSA) is 87.4 Å². The largest absolute Gasteiger partial charge is 0.468 e. The number of Topliss-reactive ketones (excluding diaryl/α,β-unsaturated/α-hetero) is 1. The van der Waals surface area contributed by atoms with E-state index in [9.17, 15) is 20.0 Å². The van der Waals surface area contributed by atoms with Gasteiger partial charge in [-0.3, -0.25) is 9.59 Å². The number of ether oxygens (including phenoxy) is 1. The van der Waals surface area contributed by atoms with Crippen LogP contribution in [-0.2, 0) is 15.1 Å². The average Bonchev–Trinajstić information content (AvgIpc) is 3.01. The summed E-state index contributed by atoms with van der Waals surface area (Å²) in [5.41, 5.74) is -1.23. The van der Waals surface area contributed by atoms with Crippen LogP contribution in [0, 0.1) is 22.7 Å². The van der Waals surface area contributed by atoms with Crippen molar-refractivity contribution in [1.82, 2.24) is 0 Å². The molecule has 4 aromatic carbocycles. The third-order valence-electron chi connectivity index (χ3n) is 8.09. The van der Waals surface area contributed by atoms with Gasteiger partial charge in [0.1, 0.15) is 5.60 Å². The summed E-state index contributed by atoms with van der Waals surface area (Å²) in [5.74, 6) is -4.03. The molecular weight excluding hydrogens is 486 g/mol. The van der Waals surface area contributed by atoms with Crippen molar-refractivity contribution < 1.29 is 19.4 Å². The van der Waals surface area contributed by atoms with E-state index in [-0.39, 0.29) is 12.2 Å². The predicted octanol–water partition coefficient (Wildman–Crippen LogP) is 6.03. The Balaban J connectivity index is 1.88. The van der Waals surface area contributed by atoms with Crippen LogP contribution in [0.25, 0.3) is 0 Å². The van der Waals surface area contributed by atoms with Gasteiger partial charge in [0, 0.05) is 17.4 Å². The number of rotatable bonds is 6. The molecule has 0 heterocycles. The monoisotopic (exact) mass is 515 g/mol. The molecule has 0 aliphatic heterocycles. The molecule has 5 nitrogen and oxygen atoms in total. The predicted molar refractivity (Wildman–Crippen MR) is 148 cm³/mol. The average molecular weight is 516 g/mol. The summed E-state index contributed by atoms with van der Waals surface area (Å²) in [4.78, 5) is 28.4. The maximum atomic E-state index is 14.5. The highest BCUT2D eigenvalue weighted by atomic mass is 16.5. The number of carbonyl (C=O) groups is 2. The van der Waals surface area contributed by atoms with Gasteiger partial charge in [-0.15, -0.1) is 0 Å². The molecule has 0 spiro atoms. The van der Waals surface area contributed by atoms with E-state index in [0.717, 1.165) is 0 Å². The molecule has 1 fully saturated rings. The second-order valence-corrected chi connectivity index (χ2v) is 10.0. The summed E-state index contributed by atoms with van der Waals surface area (Å²) >= 11 is 0. The van der Waals surface area contributed by atoms with Crippen LogP contribution in [0.15, 0.2) is 121 Å². The third-order valence-corrected chi connectivity index (χ3v) is 8.09. The fourth-order valence-electron chi connectivity index (χ4n) is 6.34. The minimum Gasteiger partial charge on any atom is -0.468 e. The summed E-state index contributed by atoms with van der Waals surface area (Å²) in [6.07, 6.45) is -0.0315. The first kappa shape index (κ1) is 26.1. The molecule has 0 saturated heterocycles. The van der Waals surface area contributed by atoms with Crippen molar-refractivity contribution in [2.75, 3.05) is 7.11 Å². The number of methoxy groups -OCH3 is 1. The van der Waals surface area contributed by atoms with Gasteiger partial charge >= 0.3 is 5.97 Å². The molecule has 5 heteroatoms. The van der Waals surface area contributed by atoms with E-state index in [1.54, 1.807) is 36.4 Å². The van der Waals surface area contributed by atoms with Crippen LogP contribution in [0.4, 0.5) is 0 Å². The fraction of sp³-hybridized carbons (Fsp3) is 0.206. The number of nitrogens with zero attached hydrogens (tertiary/aromatic N) is 1. The number of aliphatic hydroxyl groups is 1. The van der Waals surface area contributed by atoms with Crippen LogP contribution in [0.5, 0.6) is 0 Å². The maximum Gasteiger partial charge on any atom is 0.327 e. The molecule has 0 radical (unpaired) electrons. The molecular formula is C34H29NO4. The Labute approximate surface area is 228 Å². The minimum atomic E-state index is -1.80. The summed E-state index contributed by atoms with van der Waals surface area (Å²) in [7, 11) is 1.26. The maximum absolute atomic E-state index is 14.5. The molecule has 39 heavy (non-hydrogen) atoms. The highest BCUT2D eigenvalue weighted by molar-refractivity contribution is 6.00. The van der Waals surface area contributed by atoms with Gasteiger partial charge in [0.15, 0.2) is 11.2 Å². The summed E-state index contributed by atoms with van der Waals surface area (Å²) < 4.78 is 5.34. The Kier molecular flexibility index (Phi) is 7.15. The third kappa shape index (κ3) is 4.33. The molecule has 1 saturated carbocycles. The van der Waals surface area contributed by atoms with Gasteiger partial charge in [0.2, 0.25) is 0 Å². The van der Waals surface area contributed by atoms with Gasteiger partial charge in [0.05, 0.1) is 19.1 Å². The van der Waals surface area contributed by atoms with Crippen LogP contribution < -0.4 is 0 Å². The van der Waals surface area contributed by atoms with E-state index in [1.807, 2.05) is 84.9 Å². The molecule has 1 aliphatic carbocycles. The first-order valence-corrected chi connectivity index (χ1v) is 12.9. The Hall–Kier alpha value is -4.53. The summed E-state index contributed by atoms with van der Waals surface area (Å²) in [6, 6.07) is 38.5. The second-order valence-electron chi connectivity index (χ2n) is 10.0. The second kappa shape index (κ2) is 10.7. The lowest BCUT2D eigenvalue weighted by atomic mass is 9.47. The summed E-state index contributed by atoms with van der Waals surface area (Å²) in [5, 5.41) is 23.8. The van der Waals surface area contributed by atoms with E-state index in [0.29, 0.717) is 22.3 Å². The Morgan fingerprint density at radius 3 is 1.79 bits per heavy atom. The van der Waals surface area contributed by atoms with Crippen molar-refractivity contribution in [2.24, 2.45) is 11.3 Å². The van der Waals surface area contributed by atoms with Crippen molar-refractivity contribution in [3.05, 3.63) is 144 Å². The first-order chi connectivity index (χ1) is 19.0. The van der Waals surface area contributed by atoms with Gasteiger partial charge in [-0.2, -0.15) is 5.26 Å². The smallest absolute Gasteiger partial charge is 0.327 e. The number of nitriles is 1. The zero-order valence-corrected chi connectivity index (χ0v) is 21.6. The van der Waals surface area contributed by atoms with E-state index in [1.165, 1.54) is 7.11 Å². The van der Waals surface area contributed by atoms with E-state index < -0.39 is 34.7 Å². The molecule has 1 N–H and O–H groups in total. The molecule has 0 aromatic heterocycles. The standard InChI is InChI=1S/C34H29NO4/c1-39-32(37)33(23-35)28(24-14-6-2-7-15-24)22-34(38,27-20-12-5-13-21-27)30(29(33)25-16-8-3-9-17-25)31(36)26-18-10-4-11-19-26/h2-21,28-30,38H,22H2,1H3/t28-,29-,30+,33+,34-/m0/s1. The Morgan fingerprint density at radius 1 is 0.795 bits per heavy atom. The van der Waals surface area contributed by atoms with Gasteiger partial charge < -0.3 is 9.84 Å². The SMILES string of the molecule is COC(=O)[C@]1(C#N)[C@H](c2ccccc2)C[C@](O)(c2ccccc2)[C@@H](C(=O)c2ccccc2)[C@@H]1c1ccccc1. The number of ketones is 1. The number of benzene rings is 4. The number of carbonyl (C=O) groups excluding carboxylic acids is 2. The number of hydrogen-bond acceptors (Lipinski definition) is 5. The van der Waals surface area contributed by atoms with Crippen LogP contribution in [0.1, 0.15) is 45.3 Å². The van der Waals surface area contributed by atoms with Crippen molar-refractivity contribution in [3.8, 4) is 6.07 Å². The molecule has 1 aliphatic rings. The zero-order chi connectivity index (χ0) is 27.5. The zero-order valence-electron chi connectivity index (χ0n) is 21.6. The Bertz CT molecular complexity index is 1480. The van der Waals surface area contributed by atoms with Crippen LogP contribution in [0.3, 0.4) is 0 Å². The van der Waals surface area contributed by atoms with Crippen molar-refractivity contribution in [2.45, 2.75) is 23.9 Å². The highest BCUT2D eigenvalue weighted by Gasteiger charge is 2.67. The van der Waals surface area contributed by atoms with Gasteiger partial charge in [-0.05, 0) is 23.1 Å². The number of hydrogen-bond donors (Lipinski definition) is 1. The van der Waals surface area contributed by atoms with Crippen LogP contribution in [0.2, 0.25) is 0 Å². The molecule has 5 rings (SSSR count). The fourth-order valence-corrected chi connectivity index (χ4v) is 6.34. The van der Waals surface area contributed by atoms with E-state index in [4.69, 9.17) is 4.74 Å². The lowest BCUT2D eigenvalue weighted by molar-refractivity contribution is -0.162. The van der Waals surface area contributed by atoms with Gasteiger partial charge in [0.25, 0.3) is 0 Å². The molecule has 0 unspecified atom stereocenters. The first-order valence-electron chi connectivity index (χ1n) is 12.9.